The van der Waals surface area contributed by atoms with Crippen molar-refractivity contribution in [3.8, 4) is 0 Å². The highest BCUT2D eigenvalue weighted by atomic mass is 79.9. The van der Waals surface area contributed by atoms with Gasteiger partial charge in [0.25, 0.3) is 0 Å². The lowest BCUT2D eigenvalue weighted by Crippen LogP contribution is -2.32. The van der Waals surface area contributed by atoms with E-state index >= 15 is 0 Å². The largest absolute Gasteiger partial charge is 0.481 e. The van der Waals surface area contributed by atoms with Crippen molar-refractivity contribution in [3.05, 3.63) is 40.9 Å². The van der Waals surface area contributed by atoms with E-state index in [1.54, 1.807) is 4.90 Å². The van der Waals surface area contributed by atoms with Crippen LogP contribution in [0.3, 0.4) is 0 Å². The van der Waals surface area contributed by atoms with Gasteiger partial charge in [0.15, 0.2) is 0 Å². The maximum atomic E-state index is 12.8. The third-order valence-electron chi connectivity index (χ3n) is 4.21. The summed E-state index contributed by atoms with van der Waals surface area (Å²) in [6, 6.07) is 11.8. The molecule has 2 aromatic rings. The molecule has 0 aliphatic carbocycles. The van der Waals surface area contributed by atoms with E-state index in [-0.39, 0.29) is 12.3 Å². The van der Waals surface area contributed by atoms with Crippen molar-refractivity contribution in [2.24, 2.45) is 0 Å². The van der Waals surface area contributed by atoms with Crippen LogP contribution in [0.25, 0.3) is 10.8 Å². The Balaban J connectivity index is 2.32. The summed E-state index contributed by atoms with van der Waals surface area (Å²) in [5, 5.41) is 10.9. The van der Waals surface area contributed by atoms with Crippen molar-refractivity contribution in [2.75, 3.05) is 11.4 Å². The molecule has 0 atom stereocenters. The summed E-state index contributed by atoms with van der Waals surface area (Å²) >= 11 is 3.56. The first-order valence-electron chi connectivity index (χ1n) is 8.74. The van der Waals surface area contributed by atoms with Crippen LogP contribution in [0.15, 0.2) is 40.9 Å². The second-order valence-corrected chi connectivity index (χ2v) is 6.97. The Morgan fingerprint density at radius 2 is 1.72 bits per heavy atom. The summed E-state index contributed by atoms with van der Waals surface area (Å²) < 4.78 is 0.982. The summed E-state index contributed by atoms with van der Waals surface area (Å²) in [5.41, 5.74) is 0.852. The Hall–Kier alpha value is -1.88. The van der Waals surface area contributed by atoms with Gasteiger partial charge in [-0.05, 0) is 30.4 Å². The number of rotatable bonds is 9. The average Bonchev–Trinajstić information content (AvgIpc) is 2.60. The van der Waals surface area contributed by atoms with Crippen LogP contribution in [0.1, 0.15) is 45.4 Å². The third-order valence-corrected chi connectivity index (χ3v) is 4.90. The van der Waals surface area contributed by atoms with E-state index in [0.717, 1.165) is 40.2 Å². The number of halogens is 1. The second kappa shape index (κ2) is 9.56. The van der Waals surface area contributed by atoms with Gasteiger partial charge in [-0.15, -0.1) is 0 Å². The number of fused-ring (bicyclic) bond motifs is 1. The van der Waals surface area contributed by atoms with Gasteiger partial charge >= 0.3 is 5.97 Å². The van der Waals surface area contributed by atoms with Gasteiger partial charge in [0, 0.05) is 29.2 Å². The molecule has 0 unspecified atom stereocenters. The van der Waals surface area contributed by atoms with Gasteiger partial charge in [-0.2, -0.15) is 0 Å². The number of unbranched alkanes of at least 4 members (excludes halogenated alkanes) is 2. The van der Waals surface area contributed by atoms with Crippen LogP contribution in [0.2, 0.25) is 0 Å². The van der Waals surface area contributed by atoms with E-state index in [4.69, 9.17) is 5.11 Å². The Kier molecular flexibility index (Phi) is 7.44. The molecule has 2 aromatic carbocycles. The summed E-state index contributed by atoms with van der Waals surface area (Å²) in [5.74, 6) is -0.773. The number of hydrogen-bond acceptors (Lipinski definition) is 2. The fourth-order valence-corrected chi connectivity index (χ4v) is 3.39. The first kappa shape index (κ1) is 19.4. The average molecular weight is 406 g/mol. The maximum Gasteiger partial charge on any atom is 0.303 e. The highest BCUT2D eigenvalue weighted by Crippen LogP contribution is 2.33. The molecule has 2 rings (SSSR count). The molecule has 0 fully saturated rings. The van der Waals surface area contributed by atoms with Gasteiger partial charge in [0.1, 0.15) is 0 Å². The van der Waals surface area contributed by atoms with Crippen LogP contribution in [0.4, 0.5) is 5.69 Å². The smallest absolute Gasteiger partial charge is 0.303 e. The SMILES string of the molecule is CCCCCC(=O)N(CCCC(=O)O)c1ccc(Br)c2ccccc12. The molecule has 1 N–H and O–H groups in total. The Morgan fingerprint density at radius 3 is 2.40 bits per heavy atom. The summed E-state index contributed by atoms with van der Waals surface area (Å²) in [6.45, 7) is 2.53. The minimum Gasteiger partial charge on any atom is -0.481 e. The number of benzene rings is 2. The molecule has 134 valence electrons. The van der Waals surface area contributed by atoms with E-state index in [1.807, 2.05) is 36.4 Å². The van der Waals surface area contributed by atoms with Crippen LogP contribution in [-0.2, 0) is 9.59 Å². The predicted octanol–water partition coefficient (Wildman–Crippen LogP) is 5.38. The van der Waals surface area contributed by atoms with Crippen LogP contribution in [-0.4, -0.2) is 23.5 Å². The number of carboxylic acids is 1. The summed E-state index contributed by atoms with van der Waals surface area (Å²) in [4.78, 5) is 25.4. The molecular formula is C20H24BrNO3. The van der Waals surface area contributed by atoms with Gasteiger partial charge in [0.2, 0.25) is 5.91 Å². The van der Waals surface area contributed by atoms with Crippen LogP contribution < -0.4 is 4.90 Å². The molecule has 0 spiro atoms. The third kappa shape index (κ3) is 5.30. The number of aliphatic carboxylic acids is 1. The molecule has 0 bridgehead atoms. The molecule has 4 nitrogen and oxygen atoms in total. The number of carboxylic acid groups (broad SMARTS) is 1. The number of carbonyl (C=O) groups excluding carboxylic acids is 1. The van der Waals surface area contributed by atoms with E-state index in [1.165, 1.54) is 0 Å². The standard InChI is InChI=1S/C20H24BrNO3/c1-2-3-4-10-19(23)22(14-7-11-20(24)25)18-13-12-17(21)15-8-5-6-9-16(15)18/h5-6,8-9,12-13H,2-4,7,10-11,14H2,1H3,(H,24,25). The fourth-order valence-electron chi connectivity index (χ4n) is 2.91. The number of nitrogens with zero attached hydrogens (tertiary/aromatic N) is 1. The van der Waals surface area contributed by atoms with Crippen LogP contribution in [0.5, 0.6) is 0 Å². The monoisotopic (exact) mass is 405 g/mol. The maximum absolute atomic E-state index is 12.8. The molecule has 0 saturated heterocycles. The van der Waals surface area contributed by atoms with Crippen molar-refractivity contribution in [3.63, 3.8) is 0 Å². The second-order valence-electron chi connectivity index (χ2n) is 6.11. The highest BCUT2D eigenvalue weighted by Gasteiger charge is 2.18. The quantitative estimate of drug-likeness (QED) is 0.569. The van der Waals surface area contributed by atoms with Gasteiger partial charge < -0.3 is 10.0 Å². The number of hydrogen-bond donors (Lipinski definition) is 1. The first-order chi connectivity index (χ1) is 12.0. The zero-order valence-electron chi connectivity index (χ0n) is 14.5. The number of amides is 1. The lowest BCUT2D eigenvalue weighted by Gasteiger charge is -2.25. The zero-order chi connectivity index (χ0) is 18.2. The molecular weight excluding hydrogens is 382 g/mol. The number of anilines is 1. The minimum absolute atomic E-state index is 0.0614. The minimum atomic E-state index is -0.834. The van der Waals surface area contributed by atoms with Crippen molar-refractivity contribution in [1.82, 2.24) is 0 Å². The van der Waals surface area contributed by atoms with Gasteiger partial charge in [-0.25, -0.2) is 0 Å². The van der Waals surface area contributed by atoms with Crippen molar-refractivity contribution in [1.29, 1.82) is 0 Å². The van der Waals surface area contributed by atoms with Gasteiger partial charge in [-0.1, -0.05) is 60.0 Å². The molecule has 0 aliphatic heterocycles. The fraction of sp³-hybridized carbons (Fsp3) is 0.400. The van der Waals surface area contributed by atoms with Gasteiger partial charge in [0.05, 0.1) is 5.69 Å². The molecule has 0 aliphatic rings. The topological polar surface area (TPSA) is 57.6 Å². The molecule has 5 heteroatoms. The van der Waals surface area contributed by atoms with E-state index in [0.29, 0.717) is 19.4 Å². The van der Waals surface area contributed by atoms with Crippen molar-refractivity contribution >= 4 is 44.3 Å². The zero-order valence-corrected chi connectivity index (χ0v) is 16.1. The lowest BCUT2D eigenvalue weighted by molar-refractivity contribution is -0.137. The number of carbonyl (C=O) groups is 2. The van der Waals surface area contributed by atoms with Gasteiger partial charge in [-0.3, -0.25) is 9.59 Å². The molecule has 0 saturated carbocycles. The van der Waals surface area contributed by atoms with Crippen LogP contribution >= 0.6 is 15.9 Å². The molecule has 0 heterocycles. The lowest BCUT2D eigenvalue weighted by atomic mass is 10.1. The molecule has 0 aromatic heterocycles. The summed E-state index contributed by atoms with van der Waals surface area (Å²) in [7, 11) is 0. The first-order valence-corrected chi connectivity index (χ1v) is 9.53. The Labute approximate surface area is 157 Å². The predicted molar refractivity (Wildman–Crippen MR) is 105 cm³/mol. The van der Waals surface area contributed by atoms with Crippen molar-refractivity contribution < 1.29 is 14.7 Å². The molecule has 0 radical (unpaired) electrons. The molecule has 25 heavy (non-hydrogen) atoms. The van der Waals surface area contributed by atoms with E-state index in [9.17, 15) is 9.59 Å². The highest BCUT2D eigenvalue weighted by molar-refractivity contribution is 9.10. The van der Waals surface area contributed by atoms with E-state index < -0.39 is 5.97 Å². The Bertz CT molecular complexity index is 745. The normalized spacial score (nSPS) is 10.8. The Morgan fingerprint density at radius 1 is 1.00 bits per heavy atom. The van der Waals surface area contributed by atoms with Crippen molar-refractivity contribution in [2.45, 2.75) is 45.4 Å². The summed E-state index contributed by atoms with van der Waals surface area (Å²) in [6.07, 6.45) is 3.94. The van der Waals surface area contributed by atoms with E-state index in [2.05, 4.69) is 22.9 Å². The molecule has 1 amide bonds. The van der Waals surface area contributed by atoms with Crippen LogP contribution in [0, 0.1) is 0 Å².